The Morgan fingerprint density at radius 1 is 1.36 bits per heavy atom. The van der Waals surface area contributed by atoms with Gasteiger partial charge in [-0.05, 0) is 5.56 Å². The fourth-order valence-electron chi connectivity index (χ4n) is 1.95. The largest absolute Gasteiger partial charge is 0.337 e. The van der Waals surface area contributed by atoms with Crippen LogP contribution in [0.3, 0.4) is 0 Å². The molecular formula is C15H21ClN4O2. The van der Waals surface area contributed by atoms with E-state index < -0.39 is 0 Å². The van der Waals surface area contributed by atoms with Gasteiger partial charge in [0.05, 0.1) is 6.54 Å². The molecule has 0 aliphatic rings. The van der Waals surface area contributed by atoms with E-state index in [4.69, 9.17) is 10.3 Å². The third kappa shape index (κ3) is 4.82. The molecule has 1 atom stereocenters. The summed E-state index contributed by atoms with van der Waals surface area (Å²) in [6.45, 7) is 2.25. The number of rotatable bonds is 6. The van der Waals surface area contributed by atoms with Crippen molar-refractivity contribution in [2.24, 2.45) is 5.73 Å². The van der Waals surface area contributed by atoms with Crippen LogP contribution in [0.1, 0.15) is 36.7 Å². The van der Waals surface area contributed by atoms with Gasteiger partial charge in [0.2, 0.25) is 11.8 Å². The Balaban J connectivity index is 0.00000242. The number of carbonyl (C=O) groups excluding carboxylic acids is 1. The maximum Gasteiger partial charge on any atom is 0.246 e. The van der Waals surface area contributed by atoms with Gasteiger partial charge in [0.25, 0.3) is 0 Å². The zero-order valence-electron chi connectivity index (χ0n) is 12.7. The van der Waals surface area contributed by atoms with Crippen molar-refractivity contribution in [2.75, 3.05) is 7.05 Å². The molecule has 0 saturated carbocycles. The lowest BCUT2D eigenvalue weighted by Crippen LogP contribution is -2.29. The zero-order chi connectivity index (χ0) is 15.2. The Labute approximate surface area is 136 Å². The van der Waals surface area contributed by atoms with Crippen molar-refractivity contribution < 1.29 is 9.32 Å². The predicted octanol–water partition coefficient (Wildman–Crippen LogP) is 2.10. The van der Waals surface area contributed by atoms with Gasteiger partial charge in [0.1, 0.15) is 0 Å². The van der Waals surface area contributed by atoms with Crippen LogP contribution in [0.5, 0.6) is 0 Å². The molecule has 1 aromatic heterocycles. The normalized spacial score (nSPS) is 11.6. The Bertz CT molecular complexity index is 588. The molecular weight excluding hydrogens is 304 g/mol. The minimum Gasteiger partial charge on any atom is -0.337 e. The highest BCUT2D eigenvalue weighted by Crippen LogP contribution is 2.15. The van der Waals surface area contributed by atoms with Crippen LogP contribution >= 0.6 is 12.4 Å². The number of hydrogen-bond acceptors (Lipinski definition) is 5. The molecule has 1 heterocycles. The summed E-state index contributed by atoms with van der Waals surface area (Å²) in [4.78, 5) is 17.9. The number of nitrogens with zero attached hydrogens (tertiary/aromatic N) is 3. The maximum atomic E-state index is 12.2. The maximum absolute atomic E-state index is 12.2. The molecule has 2 aromatic rings. The van der Waals surface area contributed by atoms with E-state index in [0.717, 1.165) is 5.56 Å². The molecule has 120 valence electrons. The molecule has 2 rings (SSSR count). The zero-order valence-corrected chi connectivity index (χ0v) is 13.5. The van der Waals surface area contributed by atoms with Gasteiger partial charge in [-0.25, -0.2) is 0 Å². The molecule has 1 amide bonds. The molecule has 0 saturated heterocycles. The van der Waals surface area contributed by atoms with E-state index in [1.165, 1.54) is 0 Å². The Morgan fingerprint density at radius 2 is 2.05 bits per heavy atom. The summed E-state index contributed by atoms with van der Waals surface area (Å²) < 4.78 is 5.08. The molecule has 0 bridgehead atoms. The quantitative estimate of drug-likeness (QED) is 0.879. The van der Waals surface area contributed by atoms with Crippen LogP contribution in [0.25, 0.3) is 0 Å². The molecule has 1 unspecified atom stereocenters. The van der Waals surface area contributed by atoms with Crippen LogP contribution in [-0.2, 0) is 17.8 Å². The average molecular weight is 325 g/mol. The van der Waals surface area contributed by atoms with Crippen molar-refractivity contribution in [3.8, 4) is 0 Å². The molecule has 0 radical (unpaired) electrons. The van der Waals surface area contributed by atoms with Crippen molar-refractivity contribution in [2.45, 2.75) is 32.4 Å². The first-order chi connectivity index (χ1) is 10.1. The molecule has 1 aromatic carbocycles. The van der Waals surface area contributed by atoms with Crippen LogP contribution in [0.4, 0.5) is 0 Å². The molecule has 0 aliphatic heterocycles. The molecule has 0 fully saturated rings. The van der Waals surface area contributed by atoms with Gasteiger partial charge in [-0.2, -0.15) is 4.98 Å². The van der Waals surface area contributed by atoms with Crippen molar-refractivity contribution >= 4 is 18.3 Å². The highest BCUT2D eigenvalue weighted by atomic mass is 35.5. The topological polar surface area (TPSA) is 85.2 Å². The highest BCUT2D eigenvalue weighted by molar-refractivity contribution is 5.85. The lowest BCUT2D eigenvalue weighted by atomic mass is 10.0. The highest BCUT2D eigenvalue weighted by Gasteiger charge is 2.17. The average Bonchev–Trinajstić information content (AvgIpc) is 2.95. The third-order valence-electron chi connectivity index (χ3n) is 3.25. The smallest absolute Gasteiger partial charge is 0.246 e. The summed E-state index contributed by atoms with van der Waals surface area (Å²) in [5, 5.41) is 3.81. The van der Waals surface area contributed by atoms with Crippen molar-refractivity contribution in [1.29, 1.82) is 0 Å². The number of aromatic nitrogens is 2. The lowest BCUT2D eigenvalue weighted by Gasteiger charge is -2.18. The second-order valence-electron chi connectivity index (χ2n) is 4.93. The molecule has 7 heteroatoms. The minimum atomic E-state index is -0.310. The Kier molecular flexibility index (Phi) is 7.01. The van der Waals surface area contributed by atoms with E-state index in [0.29, 0.717) is 24.7 Å². The van der Waals surface area contributed by atoms with E-state index in [1.807, 2.05) is 37.3 Å². The number of halogens is 1. The van der Waals surface area contributed by atoms with Crippen LogP contribution < -0.4 is 5.73 Å². The van der Waals surface area contributed by atoms with Crippen LogP contribution in [-0.4, -0.2) is 28.0 Å². The monoisotopic (exact) mass is 324 g/mol. The van der Waals surface area contributed by atoms with E-state index >= 15 is 0 Å². The fourth-order valence-corrected chi connectivity index (χ4v) is 1.95. The van der Waals surface area contributed by atoms with Gasteiger partial charge in [0, 0.05) is 25.9 Å². The molecule has 0 aliphatic carbocycles. The Hall–Kier alpha value is -1.92. The SMILES string of the molecule is CCc1noc(CN(C)C(=O)CC(N)c2ccccc2)n1.Cl. The molecule has 0 spiro atoms. The van der Waals surface area contributed by atoms with Gasteiger partial charge in [-0.3, -0.25) is 4.79 Å². The van der Waals surface area contributed by atoms with Crippen LogP contribution in [0.15, 0.2) is 34.9 Å². The van der Waals surface area contributed by atoms with Gasteiger partial charge < -0.3 is 15.2 Å². The summed E-state index contributed by atoms with van der Waals surface area (Å²) in [5.74, 6) is 1.03. The van der Waals surface area contributed by atoms with E-state index in [-0.39, 0.29) is 30.8 Å². The number of aryl methyl sites for hydroxylation is 1. The van der Waals surface area contributed by atoms with E-state index in [9.17, 15) is 4.79 Å². The van der Waals surface area contributed by atoms with E-state index in [1.54, 1.807) is 11.9 Å². The molecule has 22 heavy (non-hydrogen) atoms. The van der Waals surface area contributed by atoms with Crippen molar-refractivity contribution in [1.82, 2.24) is 15.0 Å². The summed E-state index contributed by atoms with van der Waals surface area (Å²) in [6, 6.07) is 9.27. The summed E-state index contributed by atoms with van der Waals surface area (Å²) in [5.41, 5.74) is 7.00. The lowest BCUT2D eigenvalue weighted by molar-refractivity contribution is -0.131. The van der Waals surface area contributed by atoms with Gasteiger partial charge in [0.15, 0.2) is 5.82 Å². The second-order valence-corrected chi connectivity index (χ2v) is 4.93. The van der Waals surface area contributed by atoms with Gasteiger partial charge in [-0.1, -0.05) is 42.4 Å². The molecule has 2 N–H and O–H groups in total. The van der Waals surface area contributed by atoms with Crippen LogP contribution in [0.2, 0.25) is 0 Å². The summed E-state index contributed by atoms with van der Waals surface area (Å²) in [6.07, 6.45) is 0.954. The summed E-state index contributed by atoms with van der Waals surface area (Å²) >= 11 is 0. The molecule has 6 nitrogen and oxygen atoms in total. The first-order valence-electron chi connectivity index (χ1n) is 6.96. The Morgan fingerprint density at radius 3 is 2.64 bits per heavy atom. The number of carbonyl (C=O) groups is 1. The number of hydrogen-bond donors (Lipinski definition) is 1. The first kappa shape index (κ1) is 18.1. The van der Waals surface area contributed by atoms with Crippen molar-refractivity contribution in [3.05, 3.63) is 47.6 Å². The summed E-state index contributed by atoms with van der Waals surface area (Å²) in [7, 11) is 1.70. The van der Waals surface area contributed by atoms with Gasteiger partial charge >= 0.3 is 0 Å². The number of nitrogens with two attached hydrogens (primary N) is 1. The first-order valence-corrected chi connectivity index (χ1v) is 6.96. The third-order valence-corrected chi connectivity index (χ3v) is 3.25. The van der Waals surface area contributed by atoms with Gasteiger partial charge in [-0.15, -0.1) is 12.4 Å². The van der Waals surface area contributed by atoms with E-state index in [2.05, 4.69) is 10.1 Å². The number of benzene rings is 1. The minimum absolute atomic E-state index is 0. The van der Waals surface area contributed by atoms with Crippen LogP contribution in [0, 0.1) is 0 Å². The number of amides is 1. The predicted molar refractivity (Wildman–Crippen MR) is 85.4 cm³/mol. The fraction of sp³-hybridized carbons (Fsp3) is 0.400. The second kappa shape index (κ2) is 8.51. The van der Waals surface area contributed by atoms with Crippen molar-refractivity contribution in [3.63, 3.8) is 0 Å². The standard InChI is InChI=1S/C15H20N4O2.ClH/c1-3-13-17-14(21-18-13)10-19(2)15(20)9-12(16)11-7-5-4-6-8-11;/h4-8,12H,3,9-10,16H2,1-2H3;1H.